The normalized spacial score (nSPS) is 35.5. The number of halogens is 5. The summed E-state index contributed by atoms with van der Waals surface area (Å²) in [5, 5.41) is 0. The van der Waals surface area contributed by atoms with E-state index in [1.165, 1.54) is 6.07 Å². The Morgan fingerprint density at radius 3 is 2.61 bits per heavy atom. The van der Waals surface area contributed by atoms with Crippen LogP contribution in [0.5, 0.6) is 0 Å². The number of benzene rings is 1. The van der Waals surface area contributed by atoms with E-state index < -0.39 is 23.1 Å². The number of alkyl halides is 5. The molecular weight excluding hydrogens is 415 g/mol. The second kappa shape index (κ2) is 6.90. The van der Waals surface area contributed by atoms with Gasteiger partial charge in [0, 0.05) is 25.0 Å². The maximum atomic E-state index is 13.9. The second-order valence-corrected chi connectivity index (χ2v) is 9.96. The molecule has 1 spiro atoms. The molecule has 170 valence electrons. The fourth-order valence-corrected chi connectivity index (χ4v) is 6.58. The van der Waals surface area contributed by atoms with Gasteiger partial charge in [-0.2, -0.15) is 13.2 Å². The molecule has 1 amide bonds. The van der Waals surface area contributed by atoms with Crippen molar-refractivity contribution in [3.05, 3.63) is 34.9 Å². The number of hydrogen-bond acceptors (Lipinski definition) is 2. The lowest BCUT2D eigenvalue weighted by Crippen LogP contribution is -2.47. The zero-order valence-electron chi connectivity index (χ0n) is 17.5. The zero-order valence-corrected chi connectivity index (χ0v) is 17.5. The van der Waals surface area contributed by atoms with Gasteiger partial charge in [-0.3, -0.25) is 9.69 Å². The van der Waals surface area contributed by atoms with Crippen molar-refractivity contribution in [3.63, 3.8) is 0 Å². The molecule has 2 saturated heterocycles. The number of hydrogen-bond donors (Lipinski definition) is 0. The third-order valence-electron chi connectivity index (χ3n) is 8.30. The van der Waals surface area contributed by atoms with Crippen LogP contribution in [0.2, 0.25) is 0 Å². The number of carbonyl (C=O) groups is 1. The molecular formula is C23H27F5N2O. The molecule has 1 aromatic rings. The molecule has 31 heavy (non-hydrogen) atoms. The highest BCUT2D eigenvalue weighted by atomic mass is 19.4. The molecule has 2 unspecified atom stereocenters. The maximum absolute atomic E-state index is 13.9. The van der Waals surface area contributed by atoms with Crippen LogP contribution in [0.15, 0.2) is 18.2 Å². The highest BCUT2D eigenvalue weighted by molar-refractivity contribution is 5.87. The Labute approximate surface area is 178 Å². The smallest absolute Gasteiger partial charge is 0.334 e. The molecule has 0 bridgehead atoms. The van der Waals surface area contributed by atoms with Crippen LogP contribution < -0.4 is 0 Å². The summed E-state index contributed by atoms with van der Waals surface area (Å²) < 4.78 is 67.3. The topological polar surface area (TPSA) is 23.6 Å². The summed E-state index contributed by atoms with van der Waals surface area (Å²) in [6, 6.07) is 3.76. The lowest BCUT2D eigenvalue weighted by atomic mass is 9.73. The van der Waals surface area contributed by atoms with E-state index in [2.05, 4.69) is 6.92 Å². The number of piperidine rings is 1. The molecule has 0 radical (unpaired) electrons. The Morgan fingerprint density at radius 2 is 1.90 bits per heavy atom. The minimum Gasteiger partial charge on any atom is -0.334 e. The van der Waals surface area contributed by atoms with E-state index in [9.17, 15) is 26.7 Å². The minimum atomic E-state index is -4.41. The Balaban J connectivity index is 1.38. The number of amides is 1. The Kier molecular flexibility index (Phi) is 4.71. The molecule has 1 saturated carbocycles. The van der Waals surface area contributed by atoms with Gasteiger partial charge in [0.05, 0.1) is 17.5 Å². The van der Waals surface area contributed by atoms with Gasteiger partial charge in [-0.15, -0.1) is 0 Å². The molecule has 1 aliphatic carbocycles. The van der Waals surface area contributed by atoms with Gasteiger partial charge < -0.3 is 4.90 Å². The van der Waals surface area contributed by atoms with Crippen LogP contribution in [0.1, 0.15) is 55.7 Å². The monoisotopic (exact) mass is 442 g/mol. The second-order valence-electron chi connectivity index (χ2n) is 9.96. The van der Waals surface area contributed by atoms with E-state index >= 15 is 0 Å². The summed E-state index contributed by atoms with van der Waals surface area (Å²) in [6.07, 6.45) is -1.52. The van der Waals surface area contributed by atoms with Gasteiger partial charge in [-0.05, 0) is 67.8 Å². The Hall–Kier alpha value is -1.70. The predicted octanol–water partition coefficient (Wildman–Crippen LogP) is 4.88. The first-order valence-corrected chi connectivity index (χ1v) is 11.1. The van der Waals surface area contributed by atoms with Gasteiger partial charge in [-0.1, -0.05) is 13.0 Å². The predicted molar refractivity (Wildman–Crippen MR) is 104 cm³/mol. The first kappa shape index (κ1) is 21.2. The van der Waals surface area contributed by atoms with Gasteiger partial charge in [0.2, 0.25) is 5.91 Å². The van der Waals surface area contributed by atoms with Gasteiger partial charge in [0.25, 0.3) is 5.92 Å². The zero-order chi connectivity index (χ0) is 22.2. The SMILES string of the molecule is CC1C2Cc3ccc(C(F)(F)F)cc3CN2C(=O)[C@]12CC[C@@H](N1CCCC(F)(F)C1)C2. The van der Waals surface area contributed by atoms with Crippen LogP contribution in [0.4, 0.5) is 22.0 Å². The lowest BCUT2D eigenvalue weighted by Gasteiger charge is -2.37. The summed E-state index contributed by atoms with van der Waals surface area (Å²) in [5.74, 6) is -2.63. The van der Waals surface area contributed by atoms with Crippen LogP contribution in [-0.2, 0) is 23.9 Å². The highest BCUT2D eigenvalue weighted by Gasteiger charge is 2.61. The van der Waals surface area contributed by atoms with Crippen molar-refractivity contribution in [3.8, 4) is 0 Å². The highest BCUT2D eigenvalue weighted by Crippen LogP contribution is 2.55. The number of fused-ring (bicyclic) bond motifs is 2. The fraction of sp³-hybridized carbons (Fsp3) is 0.696. The summed E-state index contributed by atoms with van der Waals surface area (Å²) in [4.78, 5) is 17.2. The molecule has 3 heterocycles. The largest absolute Gasteiger partial charge is 0.416 e. The van der Waals surface area contributed by atoms with Crippen molar-refractivity contribution in [2.24, 2.45) is 11.3 Å². The molecule has 0 aromatic heterocycles. The molecule has 3 aliphatic heterocycles. The Morgan fingerprint density at radius 1 is 1.13 bits per heavy atom. The van der Waals surface area contributed by atoms with Crippen molar-refractivity contribution in [1.82, 2.24) is 9.80 Å². The van der Waals surface area contributed by atoms with Crippen molar-refractivity contribution in [2.45, 2.75) is 76.2 Å². The van der Waals surface area contributed by atoms with Crippen molar-refractivity contribution in [2.75, 3.05) is 13.1 Å². The Bertz CT molecular complexity index is 900. The average Bonchev–Trinajstić information content (AvgIpc) is 3.23. The van der Waals surface area contributed by atoms with Crippen molar-refractivity contribution < 1.29 is 26.7 Å². The summed E-state index contributed by atoms with van der Waals surface area (Å²) in [7, 11) is 0. The average molecular weight is 442 g/mol. The van der Waals surface area contributed by atoms with Gasteiger partial charge >= 0.3 is 6.18 Å². The molecule has 3 nitrogen and oxygen atoms in total. The fourth-order valence-electron chi connectivity index (χ4n) is 6.58. The molecule has 5 rings (SSSR count). The number of rotatable bonds is 1. The van der Waals surface area contributed by atoms with Crippen LogP contribution >= 0.6 is 0 Å². The van der Waals surface area contributed by atoms with E-state index in [1.807, 2.05) is 4.90 Å². The molecule has 4 aliphatic rings. The number of nitrogens with zero attached hydrogens (tertiary/aromatic N) is 2. The summed E-state index contributed by atoms with van der Waals surface area (Å²) >= 11 is 0. The number of likely N-dealkylation sites (tertiary alicyclic amines) is 1. The minimum absolute atomic E-state index is 0.000619. The first-order valence-electron chi connectivity index (χ1n) is 11.1. The molecule has 1 aromatic carbocycles. The van der Waals surface area contributed by atoms with E-state index in [4.69, 9.17) is 0 Å². The first-order chi connectivity index (χ1) is 14.5. The van der Waals surface area contributed by atoms with Gasteiger partial charge in [0.1, 0.15) is 0 Å². The van der Waals surface area contributed by atoms with Crippen molar-refractivity contribution in [1.29, 1.82) is 0 Å². The summed E-state index contributed by atoms with van der Waals surface area (Å²) in [6.45, 7) is 2.65. The summed E-state index contributed by atoms with van der Waals surface area (Å²) in [5.41, 5.74) is 0.160. The number of carbonyl (C=O) groups excluding carboxylic acids is 1. The molecule has 3 fully saturated rings. The van der Waals surface area contributed by atoms with Crippen LogP contribution in [-0.4, -0.2) is 46.8 Å². The van der Waals surface area contributed by atoms with Gasteiger partial charge in [0.15, 0.2) is 0 Å². The third kappa shape index (κ3) is 3.36. The van der Waals surface area contributed by atoms with Gasteiger partial charge in [-0.25, -0.2) is 8.78 Å². The van der Waals surface area contributed by atoms with Crippen molar-refractivity contribution >= 4 is 5.91 Å². The molecule has 0 N–H and O–H groups in total. The lowest BCUT2D eigenvalue weighted by molar-refractivity contribution is -0.138. The van der Waals surface area contributed by atoms with E-state index in [1.54, 1.807) is 11.0 Å². The van der Waals surface area contributed by atoms with E-state index in [-0.39, 0.29) is 43.4 Å². The maximum Gasteiger partial charge on any atom is 0.416 e. The van der Waals surface area contributed by atoms with Crippen LogP contribution in [0, 0.1) is 11.3 Å². The van der Waals surface area contributed by atoms with E-state index in [0.717, 1.165) is 18.1 Å². The van der Waals surface area contributed by atoms with E-state index in [0.29, 0.717) is 37.8 Å². The standard InChI is InChI=1S/C23H27F5N2O/c1-14-19-10-15-3-4-17(23(26,27)28)9-16(15)12-30(19)20(31)21(14)7-5-18(11-21)29-8-2-6-22(24,25)13-29/h3-4,9,14,18-19H,2,5-8,10-13H2,1H3/t14?,18-,19?,21+/m1/s1. The molecule has 4 atom stereocenters. The van der Waals surface area contributed by atoms with Crippen LogP contribution in [0.25, 0.3) is 0 Å². The molecule has 8 heteroatoms. The van der Waals surface area contributed by atoms with Crippen LogP contribution in [0.3, 0.4) is 0 Å². The quantitative estimate of drug-likeness (QED) is 0.579. The third-order valence-corrected chi connectivity index (χ3v) is 8.30.